The summed E-state index contributed by atoms with van der Waals surface area (Å²) in [7, 11) is -3.32. The Morgan fingerprint density at radius 1 is 0.824 bits per heavy atom. The summed E-state index contributed by atoms with van der Waals surface area (Å²) in [4.78, 5) is 31.8. The van der Waals surface area contributed by atoms with E-state index in [1.807, 2.05) is 46.2 Å². The molecule has 180 valence electrons. The van der Waals surface area contributed by atoms with Gasteiger partial charge in [0, 0.05) is 63.0 Å². The molecule has 3 aliphatic heterocycles. The molecule has 0 aliphatic carbocycles. The first-order chi connectivity index (χ1) is 16.3. The first-order valence-electron chi connectivity index (χ1n) is 11.8. The number of sulfonamides is 1. The summed E-state index contributed by atoms with van der Waals surface area (Å²) in [5, 5.41) is 0. The number of carbonyl (C=O) groups is 2. The van der Waals surface area contributed by atoms with Crippen LogP contribution in [-0.2, 0) is 16.4 Å². The molecule has 2 amide bonds. The van der Waals surface area contributed by atoms with Gasteiger partial charge in [-0.05, 0) is 48.7 Å². The van der Waals surface area contributed by atoms with Gasteiger partial charge < -0.3 is 9.80 Å². The van der Waals surface area contributed by atoms with Crippen molar-refractivity contribution in [1.29, 1.82) is 0 Å². The van der Waals surface area contributed by atoms with Gasteiger partial charge in [0.05, 0.1) is 11.9 Å². The van der Waals surface area contributed by atoms with Gasteiger partial charge in [0.1, 0.15) is 0 Å². The third-order valence-electron chi connectivity index (χ3n) is 7.09. The van der Waals surface area contributed by atoms with Crippen LogP contribution in [-0.4, -0.2) is 93.0 Å². The Kier molecular flexibility index (Phi) is 6.07. The van der Waals surface area contributed by atoms with E-state index in [1.165, 1.54) is 10.6 Å². The highest BCUT2D eigenvalue weighted by atomic mass is 32.2. The number of benzene rings is 2. The Labute approximate surface area is 200 Å². The van der Waals surface area contributed by atoms with Crippen LogP contribution in [0, 0.1) is 0 Å². The minimum atomic E-state index is -3.32. The summed E-state index contributed by atoms with van der Waals surface area (Å²) >= 11 is 0. The van der Waals surface area contributed by atoms with Crippen LogP contribution in [0.15, 0.2) is 48.5 Å². The number of amides is 2. The maximum Gasteiger partial charge on any atom is 0.253 e. The van der Waals surface area contributed by atoms with Crippen molar-refractivity contribution in [1.82, 2.24) is 14.7 Å². The van der Waals surface area contributed by atoms with Gasteiger partial charge in [-0.2, -0.15) is 0 Å². The van der Waals surface area contributed by atoms with Crippen molar-refractivity contribution < 1.29 is 18.0 Å². The van der Waals surface area contributed by atoms with Crippen molar-refractivity contribution in [2.75, 3.05) is 56.4 Å². The van der Waals surface area contributed by atoms with Crippen molar-refractivity contribution in [3.8, 4) is 0 Å². The van der Waals surface area contributed by atoms with Gasteiger partial charge in [-0.1, -0.05) is 18.2 Å². The minimum Gasteiger partial charge on any atom is -0.336 e. The number of piperazine rings is 1. The highest BCUT2D eigenvalue weighted by Crippen LogP contribution is 2.31. The lowest BCUT2D eigenvalue weighted by atomic mass is 9.98. The second-order valence-corrected chi connectivity index (χ2v) is 11.2. The average Bonchev–Trinajstić information content (AvgIpc) is 2.82. The van der Waals surface area contributed by atoms with Gasteiger partial charge in [-0.25, -0.2) is 8.42 Å². The van der Waals surface area contributed by atoms with Crippen molar-refractivity contribution in [3.63, 3.8) is 0 Å². The number of likely N-dealkylation sites (tertiary alicyclic amines) is 1. The molecule has 3 aliphatic rings. The largest absolute Gasteiger partial charge is 0.336 e. The van der Waals surface area contributed by atoms with Crippen molar-refractivity contribution in [2.24, 2.45) is 0 Å². The molecule has 0 saturated carbocycles. The molecule has 8 nitrogen and oxygen atoms in total. The van der Waals surface area contributed by atoms with E-state index >= 15 is 0 Å². The van der Waals surface area contributed by atoms with Crippen LogP contribution in [0.4, 0.5) is 5.69 Å². The summed E-state index contributed by atoms with van der Waals surface area (Å²) in [5.41, 5.74) is 2.94. The molecule has 0 atom stereocenters. The lowest BCUT2D eigenvalue weighted by Crippen LogP contribution is -2.64. The molecular formula is C25H30N4O4S. The molecule has 2 aromatic carbocycles. The highest BCUT2D eigenvalue weighted by molar-refractivity contribution is 7.92. The minimum absolute atomic E-state index is 0.00609. The molecule has 2 saturated heterocycles. The quantitative estimate of drug-likeness (QED) is 0.663. The number of anilines is 1. The van der Waals surface area contributed by atoms with E-state index in [9.17, 15) is 18.0 Å². The Hall–Kier alpha value is -2.91. The Balaban J connectivity index is 1.15. The van der Waals surface area contributed by atoms with Gasteiger partial charge in [0.15, 0.2) is 0 Å². The standard InChI is InChI=1S/C25H30N4O4S/c1-34(32,33)29-11-5-8-20-16-21(9-10-23(20)29)25(31)28-17-22(18-28)26-12-14-27(15-13-26)24(30)19-6-3-2-4-7-19/h2-4,6-7,9-10,16,22H,5,8,11-15,17-18H2,1H3. The number of carbonyl (C=O) groups excluding carboxylic acids is 2. The molecule has 0 N–H and O–H groups in total. The monoisotopic (exact) mass is 482 g/mol. The third kappa shape index (κ3) is 4.42. The van der Waals surface area contributed by atoms with Gasteiger partial charge in [-0.15, -0.1) is 0 Å². The molecule has 5 rings (SSSR count). The number of rotatable bonds is 4. The zero-order chi connectivity index (χ0) is 23.9. The van der Waals surface area contributed by atoms with Crippen LogP contribution >= 0.6 is 0 Å². The van der Waals surface area contributed by atoms with Crippen LogP contribution < -0.4 is 4.31 Å². The highest BCUT2D eigenvalue weighted by Gasteiger charge is 2.37. The molecule has 9 heteroatoms. The molecule has 0 aromatic heterocycles. The molecule has 34 heavy (non-hydrogen) atoms. The van der Waals surface area contributed by atoms with E-state index in [0.717, 1.165) is 37.1 Å². The molecule has 3 heterocycles. The zero-order valence-electron chi connectivity index (χ0n) is 19.4. The molecular weight excluding hydrogens is 452 g/mol. The lowest BCUT2D eigenvalue weighted by molar-refractivity contribution is 0.00853. The second-order valence-electron chi connectivity index (χ2n) is 9.34. The van der Waals surface area contributed by atoms with Gasteiger partial charge in [-0.3, -0.25) is 18.8 Å². The molecule has 0 bridgehead atoms. The van der Waals surface area contributed by atoms with Gasteiger partial charge in [0.2, 0.25) is 10.0 Å². The summed E-state index contributed by atoms with van der Waals surface area (Å²) in [6.45, 7) is 4.85. The predicted molar refractivity (Wildman–Crippen MR) is 131 cm³/mol. The molecule has 2 aromatic rings. The number of nitrogens with zero attached hydrogens (tertiary/aromatic N) is 4. The predicted octanol–water partition coefficient (Wildman–Crippen LogP) is 1.68. The van der Waals surface area contributed by atoms with Crippen LogP contribution in [0.25, 0.3) is 0 Å². The molecule has 0 spiro atoms. The first kappa shape index (κ1) is 22.9. The summed E-state index contributed by atoms with van der Waals surface area (Å²) < 4.78 is 25.6. The molecule has 0 radical (unpaired) electrons. The number of hydrogen-bond donors (Lipinski definition) is 0. The summed E-state index contributed by atoms with van der Waals surface area (Å²) in [6, 6.07) is 15.1. The summed E-state index contributed by atoms with van der Waals surface area (Å²) in [6.07, 6.45) is 2.75. The van der Waals surface area contributed by atoms with E-state index in [0.29, 0.717) is 50.0 Å². The van der Waals surface area contributed by atoms with Crippen molar-refractivity contribution in [2.45, 2.75) is 18.9 Å². The fourth-order valence-electron chi connectivity index (χ4n) is 5.13. The van der Waals surface area contributed by atoms with E-state index < -0.39 is 10.0 Å². The first-order valence-corrected chi connectivity index (χ1v) is 13.6. The Bertz CT molecular complexity index is 1190. The maximum atomic E-state index is 13.0. The number of fused-ring (bicyclic) bond motifs is 1. The number of hydrogen-bond acceptors (Lipinski definition) is 5. The normalized spacial score (nSPS) is 19.5. The average molecular weight is 483 g/mol. The van der Waals surface area contributed by atoms with E-state index in [2.05, 4.69) is 4.90 Å². The molecule has 0 unspecified atom stereocenters. The van der Waals surface area contributed by atoms with Crippen LogP contribution in [0.2, 0.25) is 0 Å². The summed E-state index contributed by atoms with van der Waals surface area (Å²) in [5.74, 6) is 0.0703. The van der Waals surface area contributed by atoms with E-state index in [-0.39, 0.29) is 11.8 Å². The second kappa shape index (κ2) is 9.03. The smallest absolute Gasteiger partial charge is 0.253 e. The Morgan fingerprint density at radius 3 is 2.18 bits per heavy atom. The fourth-order valence-corrected chi connectivity index (χ4v) is 6.12. The van der Waals surface area contributed by atoms with Crippen LogP contribution in [0.1, 0.15) is 32.7 Å². The van der Waals surface area contributed by atoms with Crippen LogP contribution in [0.3, 0.4) is 0 Å². The van der Waals surface area contributed by atoms with Gasteiger partial charge >= 0.3 is 0 Å². The SMILES string of the molecule is CS(=O)(=O)N1CCCc2cc(C(=O)N3CC(N4CCN(C(=O)c5ccccc5)CC4)C3)ccc21. The Morgan fingerprint density at radius 2 is 1.50 bits per heavy atom. The number of aryl methyl sites for hydroxylation is 1. The zero-order valence-corrected chi connectivity index (χ0v) is 20.2. The van der Waals surface area contributed by atoms with Crippen LogP contribution in [0.5, 0.6) is 0 Å². The fraction of sp³-hybridized carbons (Fsp3) is 0.440. The van der Waals surface area contributed by atoms with E-state index in [4.69, 9.17) is 0 Å². The lowest BCUT2D eigenvalue weighted by Gasteiger charge is -2.48. The van der Waals surface area contributed by atoms with Crippen molar-refractivity contribution >= 4 is 27.5 Å². The van der Waals surface area contributed by atoms with E-state index in [1.54, 1.807) is 12.1 Å². The molecule has 2 fully saturated rings. The van der Waals surface area contributed by atoms with Crippen molar-refractivity contribution in [3.05, 3.63) is 65.2 Å². The third-order valence-corrected chi connectivity index (χ3v) is 8.27. The maximum absolute atomic E-state index is 13.0. The topological polar surface area (TPSA) is 81.2 Å². The van der Waals surface area contributed by atoms with Gasteiger partial charge in [0.25, 0.3) is 11.8 Å².